The molecule has 0 bridgehead atoms. The zero-order valence-corrected chi connectivity index (χ0v) is 19.0. The van der Waals surface area contributed by atoms with E-state index in [1.165, 1.54) is 5.56 Å². The summed E-state index contributed by atoms with van der Waals surface area (Å²) in [5.74, 6) is 1.81. The fourth-order valence-electron chi connectivity index (χ4n) is 2.99. The van der Waals surface area contributed by atoms with Crippen molar-refractivity contribution in [1.29, 1.82) is 0 Å². The highest BCUT2D eigenvalue weighted by atomic mass is 127. The molecule has 0 spiro atoms. The highest BCUT2D eigenvalue weighted by Gasteiger charge is 2.33. The molecule has 148 valence electrons. The zero-order chi connectivity index (χ0) is 18.3. The second-order valence-corrected chi connectivity index (χ2v) is 7.33. The molecule has 0 amide bonds. The van der Waals surface area contributed by atoms with Gasteiger partial charge < -0.3 is 20.1 Å². The molecule has 0 fully saturated rings. The van der Waals surface area contributed by atoms with Crippen LogP contribution in [0.3, 0.4) is 0 Å². The van der Waals surface area contributed by atoms with Crippen LogP contribution >= 0.6 is 24.0 Å². The lowest BCUT2D eigenvalue weighted by Crippen LogP contribution is -2.45. The summed E-state index contributed by atoms with van der Waals surface area (Å²) in [6, 6.07) is 8.43. The van der Waals surface area contributed by atoms with Gasteiger partial charge in [-0.05, 0) is 47.1 Å². The van der Waals surface area contributed by atoms with Gasteiger partial charge in [-0.2, -0.15) is 0 Å². The number of fused-ring (bicyclic) bond motifs is 1. The Bertz CT molecular complexity index is 576. The molecular weight excluding hydrogens is 441 g/mol. The number of hydrogen-bond acceptors (Lipinski definition) is 3. The Kier molecular flexibility index (Phi) is 9.71. The molecule has 1 aliphatic heterocycles. The normalized spacial score (nSPS) is 18.5. The summed E-state index contributed by atoms with van der Waals surface area (Å²) in [7, 11) is 0. The van der Waals surface area contributed by atoms with Gasteiger partial charge in [0.25, 0.3) is 0 Å². The fraction of sp³-hybridized carbons (Fsp3) is 0.650. The average molecular weight is 475 g/mol. The van der Waals surface area contributed by atoms with Crippen molar-refractivity contribution in [1.82, 2.24) is 10.6 Å². The second-order valence-electron chi connectivity index (χ2n) is 7.33. The van der Waals surface area contributed by atoms with Crippen LogP contribution in [0.15, 0.2) is 29.3 Å². The lowest BCUT2D eigenvalue weighted by Gasteiger charge is -2.38. The molecule has 6 heteroatoms. The second kappa shape index (κ2) is 11.0. The maximum absolute atomic E-state index is 6.11. The van der Waals surface area contributed by atoms with Crippen molar-refractivity contribution in [2.24, 2.45) is 4.99 Å². The van der Waals surface area contributed by atoms with Crippen LogP contribution in [0.1, 0.15) is 59.1 Å². The predicted molar refractivity (Wildman–Crippen MR) is 119 cm³/mol. The van der Waals surface area contributed by atoms with Gasteiger partial charge in [0.05, 0.1) is 12.1 Å². The van der Waals surface area contributed by atoms with Crippen molar-refractivity contribution < 1.29 is 9.47 Å². The molecule has 0 radical (unpaired) electrons. The van der Waals surface area contributed by atoms with E-state index in [0.29, 0.717) is 0 Å². The van der Waals surface area contributed by atoms with Crippen molar-refractivity contribution in [3.63, 3.8) is 0 Å². The third-order valence-electron chi connectivity index (χ3n) is 4.06. The van der Waals surface area contributed by atoms with Crippen LogP contribution in [0.5, 0.6) is 5.75 Å². The van der Waals surface area contributed by atoms with E-state index in [4.69, 9.17) is 14.5 Å². The number of halogens is 1. The molecule has 0 saturated carbocycles. The molecule has 0 saturated heterocycles. The standard InChI is InChI=1S/C20H33N3O2.HI/c1-6-21-19(22-12-9-13-24-15(2)3)23-17-14-20(4,5)25-18-11-8-7-10-16(17)18;/h7-8,10-11,15,17H,6,9,12-14H2,1-5H3,(H2,21,22,23);1H. The maximum atomic E-state index is 6.11. The van der Waals surface area contributed by atoms with Gasteiger partial charge in [0.15, 0.2) is 5.96 Å². The number of guanidine groups is 1. The first-order chi connectivity index (χ1) is 11.9. The van der Waals surface area contributed by atoms with Crippen molar-refractivity contribution in [3.05, 3.63) is 29.8 Å². The molecule has 1 unspecified atom stereocenters. The highest BCUT2D eigenvalue weighted by molar-refractivity contribution is 14.0. The number of hydrogen-bond donors (Lipinski definition) is 2. The van der Waals surface area contributed by atoms with Crippen LogP contribution in [0.4, 0.5) is 0 Å². The summed E-state index contributed by atoms with van der Waals surface area (Å²) in [5.41, 5.74) is 0.990. The van der Waals surface area contributed by atoms with E-state index in [2.05, 4.69) is 57.4 Å². The summed E-state index contributed by atoms with van der Waals surface area (Å²) in [6.07, 6.45) is 2.09. The molecule has 0 aliphatic carbocycles. The molecule has 2 N–H and O–H groups in total. The van der Waals surface area contributed by atoms with Crippen molar-refractivity contribution in [2.45, 2.75) is 65.2 Å². The van der Waals surface area contributed by atoms with Crippen LogP contribution in [0, 0.1) is 0 Å². The topological polar surface area (TPSA) is 54.9 Å². The van der Waals surface area contributed by atoms with Gasteiger partial charge in [0, 0.05) is 31.7 Å². The van der Waals surface area contributed by atoms with E-state index in [1.807, 2.05) is 12.1 Å². The number of nitrogens with zero attached hydrogens (tertiary/aromatic N) is 1. The Morgan fingerprint density at radius 1 is 1.35 bits per heavy atom. The van der Waals surface area contributed by atoms with Gasteiger partial charge >= 0.3 is 0 Å². The van der Waals surface area contributed by atoms with Gasteiger partial charge in [-0.3, -0.25) is 4.99 Å². The monoisotopic (exact) mass is 475 g/mol. The molecular formula is C20H34IN3O2. The quantitative estimate of drug-likeness (QED) is 0.268. The molecule has 1 atom stereocenters. The van der Waals surface area contributed by atoms with Crippen LogP contribution in [0.2, 0.25) is 0 Å². The van der Waals surface area contributed by atoms with Gasteiger partial charge in [0.2, 0.25) is 0 Å². The number of benzene rings is 1. The van der Waals surface area contributed by atoms with E-state index >= 15 is 0 Å². The Hall–Kier alpha value is -1.02. The maximum Gasteiger partial charge on any atom is 0.191 e. The van der Waals surface area contributed by atoms with E-state index in [1.54, 1.807) is 0 Å². The molecule has 5 nitrogen and oxygen atoms in total. The van der Waals surface area contributed by atoms with Gasteiger partial charge in [0.1, 0.15) is 11.4 Å². The van der Waals surface area contributed by atoms with Gasteiger partial charge in [-0.1, -0.05) is 18.2 Å². The Balaban J connectivity index is 0.00000338. The summed E-state index contributed by atoms with van der Waals surface area (Å²) < 4.78 is 11.7. The smallest absolute Gasteiger partial charge is 0.191 e. The minimum atomic E-state index is -0.200. The fourth-order valence-corrected chi connectivity index (χ4v) is 2.99. The lowest BCUT2D eigenvalue weighted by atomic mass is 9.90. The zero-order valence-electron chi connectivity index (χ0n) is 16.7. The number of nitrogens with one attached hydrogen (secondary N) is 2. The molecule has 2 rings (SSSR count). The van der Waals surface area contributed by atoms with Crippen molar-refractivity contribution in [2.75, 3.05) is 19.7 Å². The lowest BCUT2D eigenvalue weighted by molar-refractivity contribution is 0.0694. The van der Waals surface area contributed by atoms with Gasteiger partial charge in [-0.25, -0.2) is 0 Å². The van der Waals surface area contributed by atoms with E-state index in [9.17, 15) is 0 Å². The van der Waals surface area contributed by atoms with Crippen molar-refractivity contribution >= 4 is 29.9 Å². The van der Waals surface area contributed by atoms with E-state index < -0.39 is 0 Å². The Labute approximate surface area is 175 Å². The minimum absolute atomic E-state index is 0. The van der Waals surface area contributed by atoms with E-state index in [-0.39, 0.29) is 41.7 Å². The largest absolute Gasteiger partial charge is 0.487 e. The summed E-state index contributed by atoms with van der Waals surface area (Å²) in [4.78, 5) is 4.70. The first kappa shape index (κ1) is 23.0. The van der Waals surface area contributed by atoms with Crippen molar-refractivity contribution in [3.8, 4) is 5.75 Å². The third-order valence-corrected chi connectivity index (χ3v) is 4.06. The summed E-state index contributed by atoms with van der Waals surface area (Å²) >= 11 is 0. The average Bonchev–Trinajstić information content (AvgIpc) is 2.53. The summed E-state index contributed by atoms with van der Waals surface area (Å²) in [5, 5.41) is 6.93. The summed E-state index contributed by atoms with van der Waals surface area (Å²) in [6.45, 7) is 12.8. The first-order valence-corrected chi connectivity index (χ1v) is 9.35. The Morgan fingerprint density at radius 3 is 2.77 bits per heavy atom. The molecule has 1 aromatic rings. The van der Waals surface area contributed by atoms with E-state index in [0.717, 1.165) is 44.2 Å². The molecule has 0 aromatic heterocycles. The van der Waals surface area contributed by atoms with Crippen LogP contribution < -0.4 is 15.4 Å². The molecule has 1 aromatic carbocycles. The third kappa shape index (κ3) is 7.31. The highest BCUT2D eigenvalue weighted by Crippen LogP contribution is 2.39. The SMILES string of the molecule is CCNC(=NCCCOC(C)C)NC1CC(C)(C)Oc2ccccc21.I. The number of ether oxygens (including phenoxy) is 2. The van der Waals surface area contributed by atoms with Gasteiger partial charge in [-0.15, -0.1) is 24.0 Å². The predicted octanol–water partition coefficient (Wildman–Crippen LogP) is 4.28. The molecule has 1 aliphatic rings. The minimum Gasteiger partial charge on any atom is -0.487 e. The van der Waals surface area contributed by atoms with Crippen LogP contribution in [0.25, 0.3) is 0 Å². The van der Waals surface area contributed by atoms with Crippen LogP contribution in [-0.4, -0.2) is 37.4 Å². The number of rotatable bonds is 7. The molecule has 1 heterocycles. The molecule has 26 heavy (non-hydrogen) atoms. The Morgan fingerprint density at radius 2 is 2.08 bits per heavy atom. The number of para-hydroxylation sites is 1. The number of aliphatic imine (C=N–C) groups is 1. The first-order valence-electron chi connectivity index (χ1n) is 9.35. The van der Waals surface area contributed by atoms with Crippen LogP contribution in [-0.2, 0) is 4.74 Å².